The van der Waals surface area contributed by atoms with Crippen molar-refractivity contribution in [1.29, 1.82) is 0 Å². The van der Waals surface area contributed by atoms with E-state index in [-0.39, 0.29) is 11.9 Å². The average Bonchev–Trinajstić information content (AvgIpc) is 2.18. The second-order valence-electron chi connectivity index (χ2n) is 3.33. The van der Waals surface area contributed by atoms with Crippen LogP contribution in [0, 0.1) is 5.82 Å². The van der Waals surface area contributed by atoms with Gasteiger partial charge in [0.15, 0.2) is 0 Å². The van der Waals surface area contributed by atoms with Crippen LogP contribution in [-0.2, 0) is 11.2 Å². The van der Waals surface area contributed by atoms with Crippen molar-refractivity contribution in [2.45, 2.75) is 25.9 Å². The molecular weight excluding hydrogens is 167 g/mol. The van der Waals surface area contributed by atoms with E-state index in [4.69, 9.17) is 4.74 Å². The smallest absolute Gasteiger partial charge is 0.126 e. The maximum atomic E-state index is 13.3. The van der Waals surface area contributed by atoms with E-state index < -0.39 is 0 Å². The zero-order valence-corrected chi connectivity index (χ0v) is 7.72. The molecule has 2 rings (SSSR count). The van der Waals surface area contributed by atoms with Crippen molar-refractivity contribution in [3.8, 4) is 0 Å². The number of hydrogen-bond donors (Lipinski definition) is 0. The minimum Gasteiger partial charge on any atom is -0.373 e. The molecule has 0 aliphatic carbocycles. The van der Waals surface area contributed by atoms with Crippen LogP contribution in [0.4, 0.5) is 4.39 Å². The fourth-order valence-corrected chi connectivity index (χ4v) is 1.87. The summed E-state index contributed by atoms with van der Waals surface area (Å²) < 4.78 is 18.9. The van der Waals surface area contributed by atoms with Crippen molar-refractivity contribution in [3.63, 3.8) is 0 Å². The summed E-state index contributed by atoms with van der Waals surface area (Å²) in [6, 6.07) is 5.24. The Bertz CT molecular complexity index is 309. The lowest BCUT2D eigenvalue weighted by atomic mass is 9.96. The summed E-state index contributed by atoms with van der Waals surface area (Å²) in [5.74, 6) is -0.0840. The van der Waals surface area contributed by atoms with Gasteiger partial charge in [-0.2, -0.15) is 0 Å². The quantitative estimate of drug-likeness (QED) is 0.645. The van der Waals surface area contributed by atoms with Crippen LogP contribution in [0.15, 0.2) is 18.2 Å². The molecule has 0 N–H and O–H groups in total. The zero-order valence-electron chi connectivity index (χ0n) is 7.72. The average molecular weight is 180 g/mol. The lowest BCUT2D eigenvalue weighted by molar-refractivity contribution is 0.0388. The summed E-state index contributed by atoms with van der Waals surface area (Å²) in [5, 5.41) is 0. The van der Waals surface area contributed by atoms with Crippen LogP contribution in [0.2, 0.25) is 0 Å². The van der Waals surface area contributed by atoms with E-state index in [1.807, 2.05) is 6.07 Å². The van der Waals surface area contributed by atoms with Crippen LogP contribution in [0.3, 0.4) is 0 Å². The molecule has 1 aliphatic rings. The standard InChI is InChI=1S/C11H13FO/c1-2-11-9-4-3-5-10(12)8(9)6-7-13-11/h3-5,11H,2,6-7H2,1H3/t11-/m1/s1. The third-order valence-electron chi connectivity index (χ3n) is 2.54. The SMILES string of the molecule is CC[C@H]1OCCc2c(F)cccc21. The van der Waals surface area contributed by atoms with Gasteiger partial charge in [0.05, 0.1) is 12.7 Å². The van der Waals surface area contributed by atoms with Crippen molar-refractivity contribution < 1.29 is 9.13 Å². The highest BCUT2D eigenvalue weighted by Gasteiger charge is 2.21. The lowest BCUT2D eigenvalue weighted by Gasteiger charge is -2.25. The molecule has 13 heavy (non-hydrogen) atoms. The maximum absolute atomic E-state index is 13.3. The first-order valence-electron chi connectivity index (χ1n) is 4.71. The predicted octanol–water partition coefficient (Wildman–Crippen LogP) is 2.85. The molecule has 1 heterocycles. The highest BCUT2D eigenvalue weighted by molar-refractivity contribution is 5.32. The Kier molecular flexibility index (Phi) is 2.32. The van der Waals surface area contributed by atoms with E-state index in [0.29, 0.717) is 13.0 Å². The third-order valence-corrected chi connectivity index (χ3v) is 2.54. The first kappa shape index (κ1) is 8.70. The molecule has 0 fully saturated rings. The highest BCUT2D eigenvalue weighted by Crippen LogP contribution is 2.30. The minimum absolute atomic E-state index is 0.0840. The van der Waals surface area contributed by atoms with E-state index in [1.54, 1.807) is 6.07 Å². The summed E-state index contributed by atoms with van der Waals surface area (Å²) in [4.78, 5) is 0. The van der Waals surface area contributed by atoms with Crippen molar-refractivity contribution in [2.75, 3.05) is 6.61 Å². The molecule has 0 unspecified atom stereocenters. The minimum atomic E-state index is -0.0840. The Balaban J connectivity index is 2.45. The number of hydrogen-bond acceptors (Lipinski definition) is 1. The monoisotopic (exact) mass is 180 g/mol. The summed E-state index contributed by atoms with van der Waals surface area (Å²) in [5.41, 5.74) is 1.88. The molecule has 2 heteroatoms. The van der Waals surface area contributed by atoms with Gasteiger partial charge < -0.3 is 4.74 Å². The Morgan fingerprint density at radius 3 is 3.15 bits per heavy atom. The van der Waals surface area contributed by atoms with Gasteiger partial charge in [0.2, 0.25) is 0 Å². The Labute approximate surface area is 77.5 Å². The van der Waals surface area contributed by atoms with Gasteiger partial charge in [0, 0.05) is 0 Å². The topological polar surface area (TPSA) is 9.23 Å². The molecule has 0 bridgehead atoms. The molecule has 0 spiro atoms. The molecule has 1 nitrogen and oxygen atoms in total. The molecule has 0 saturated heterocycles. The van der Waals surface area contributed by atoms with Crippen LogP contribution in [0.25, 0.3) is 0 Å². The van der Waals surface area contributed by atoms with Crippen LogP contribution in [0.1, 0.15) is 30.6 Å². The Morgan fingerprint density at radius 1 is 1.54 bits per heavy atom. The highest BCUT2D eigenvalue weighted by atomic mass is 19.1. The van der Waals surface area contributed by atoms with Crippen LogP contribution in [-0.4, -0.2) is 6.61 Å². The van der Waals surface area contributed by atoms with E-state index in [0.717, 1.165) is 17.5 Å². The fraction of sp³-hybridized carbons (Fsp3) is 0.455. The molecule has 0 saturated carbocycles. The van der Waals surface area contributed by atoms with Crippen molar-refractivity contribution in [3.05, 3.63) is 35.1 Å². The third kappa shape index (κ3) is 1.46. The summed E-state index contributed by atoms with van der Waals surface area (Å²) in [6.07, 6.45) is 1.72. The first-order valence-corrected chi connectivity index (χ1v) is 4.71. The molecule has 1 aromatic rings. The van der Waals surface area contributed by atoms with Gasteiger partial charge in [-0.25, -0.2) is 4.39 Å². The largest absolute Gasteiger partial charge is 0.373 e. The second kappa shape index (κ2) is 3.46. The van der Waals surface area contributed by atoms with E-state index in [9.17, 15) is 4.39 Å². The maximum Gasteiger partial charge on any atom is 0.126 e. The predicted molar refractivity (Wildman–Crippen MR) is 49.1 cm³/mol. The molecule has 1 atom stereocenters. The first-order chi connectivity index (χ1) is 6.33. The number of ether oxygens (including phenoxy) is 1. The van der Waals surface area contributed by atoms with Gasteiger partial charge in [-0.1, -0.05) is 19.1 Å². The Hall–Kier alpha value is -0.890. The van der Waals surface area contributed by atoms with Crippen LogP contribution < -0.4 is 0 Å². The molecule has 70 valence electrons. The van der Waals surface area contributed by atoms with E-state index >= 15 is 0 Å². The molecule has 0 radical (unpaired) electrons. The lowest BCUT2D eigenvalue weighted by Crippen LogP contribution is -2.16. The molecule has 0 amide bonds. The second-order valence-corrected chi connectivity index (χ2v) is 3.33. The number of fused-ring (bicyclic) bond motifs is 1. The van der Waals surface area contributed by atoms with Crippen molar-refractivity contribution in [1.82, 2.24) is 0 Å². The van der Waals surface area contributed by atoms with Crippen LogP contribution in [0.5, 0.6) is 0 Å². The van der Waals surface area contributed by atoms with Crippen LogP contribution >= 0.6 is 0 Å². The van der Waals surface area contributed by atoms with Gasteiger partial charge in [-0.3, -0.25) is 0 Å². The molecule has 1 aliphatic heterocycles. The van der Waals surface area contributed by atoms with Gasteiger partial charge in [-0.05, 0) is 30.0 Å². The van der Waals surface area contributed by atoms with Crippen molar-refractivity contribution >= 4 is 0 Å². The fourth-order valence-electron chi connectivity index (χ4n) is 1.87. The number of halogens is 1. The van der Waals surface area contributed by atoms with Gasteiger partial charge >= 0.3 is 0 Å². The molecule has 0 aromatic heterocycles. The summed E-state index contributed by atoms with van der Waals surface area (Å²) in [7, 11) is 0. The van der Waals surface area contributed by atoms with Gasteiger partial charge in [0.1, 0.15) is 5.82 Å². The van der Waals surface area contributed by atoms with Gasteiger partial charge in [-0.15, -0.1) is 0 Å². The van der Waals surface area contributed by atoms with E-state index in [2.05, 4.69) is 6.92 Å². The number of benzene rings is 1. The summed E-state index contributed by atoms with van der Waals surface area (Å²) in [6.45, 7) is 2.71. The zero-order chi connectivity index (χ0) is 9.26. The van der Waals surface area contributed by atoms with Crippen molar-refractivity contribution in [2.24, 2.45) is 0 Å². The van der Waals surface area contributed by atoms with Gasteiger partial charge in [0.25, 0.3) is 0 Å². The summed E-state index contributed by atoms with van der Waals surface area (Å²) >= 11 is 0. The van der Waals surface area contributed by atoms with E-state index in [1.165, 1.54) is 6.07 Å². The molecule has 1 aromatic carbocycles. The molecular formula is C11H13FO. The normalized spacial score (nSPS) is 21.2. The number of rotatable bonds is 1. The Morgan fingerprint density at radius 2 is 2.38 bits per heavy atom.